The SMILES string of the molecule is Cc1c(Cl)cccc1NC(=O)Cc1csc(Nc2ccc(Cl)cn2)n1. The molecular weight excluding hydrogens is 379 g/mol. The lowest BCUT2D eigenvalue weighted by molar-refractivity contribution is -0.115. The first-order chi connectivity index (χ1) is 12.0. The van der Waals surface area contributed by atoms with Crippen molar-refractivity contribution in [1.82, 2.24) is 9.97 Å². The van der Waals surface area contributed by atoms with Gasteiger partial charge in [-0.25, -0.2) is 9.97 Å². The molecule has 1 aromatic carbocycles. The molecule has 2 aromatic heterocycles. The zero-order valence-electron chi connectivity index (χ0n) is 13.2. The maximum Gasteiger partial charge on any atom is 0.230 e. The highest BCUT2D eigenvalue weighted by Crippen LogP contribution is 2.24. The maximum atomic E-state index is 12.2. The van der Waals surface area contributed by atoms with Crippen molar-refractivity contribution >= 4 is 57.1 Å². The molecule has 0 radical (unpaired) electrons. The highest BCUT2D eigenvalue weighted by atomic mass is 35.5. The van der Waals surface area contributed by atoms with E-state index in [1.54, 1.807) is 30.5 Å². The summed E-state index contributed by atoms with van der Waals surface area (Å²) in [6.07, 6.45) is 1.73. The van der Waals surface area contributed by atoms with Crippen molar-refractivity contribution in [2.24, 2.45) is 0 Å². The van der Waals surface area contributed by atoms with Gasteiger partial charge in [0.25, 0.3) is 0 Å². The van der Waals surface area contributed by atoms with Gasteiger partial charge in [-0.2, -0.15) is 0 Å². The molecule has 0 aliphatic heterocycles. The van der Waals surface area contributed by atoms with E-state index in [0.717, 1.165) is 5.56 Å². The Balaban J connectivity index is 1.61. The number of nitrogens with zero attached hydrogens (tertiary/aromatic N) is 2. The first-order valence-electron chi connectivity index (χ1n) is 7.39. The molecule has 2 N–H and O–H groups in total. The summed E-state index contributed by atoms with van der Waals surface area (Å²) >= 11 is 13.3. The lowest BCUT2D eigenvalue weighted by Crippen LogP contribution is -2.15. The predicted octanol–water partition coefficient (Wildman–Crippen LogP) is 5.08. The van der Waals surface area contributed by atoms with Gasteiger partial charge < -0.3 is 10.6 Å². The molecule has 0 unspecified atom stereocenters. The van der Waals surface area contributed by atoms with Crippen LogP contribution in [-0.2, 0) is 11.2 Å². The smallest absolute Gasteiger partial charge is 0.230 e. The van der Waals surface area contributed by atoms with Crippen molar-refractivity contribution < 1.29 is 4.79 Å². The molecular formula is C17H14Cl2N4OS. The third kappa shape index (κ3) is 4.69. The minimum Gasteiger partial charge on any atom is -0.325 e. The summed E-state index contributed by atoms with van der Waals surface area (Å²) in [4.78, 5) is 20.8. The fraction of sp³-hybridized carbons (Fsp3) is 0.118. The molecule has 0 atom stereocenters. The Labute approximate surface area is 159 Å². The molecule has 0 spiro atoms. The second kappa shape index (κ2) is 7.82. The van der Waals surface area contributed by atoms with Crippen molar-refractivity contribution in [1.29, 1.82) is 0 Å². The van der Waals surface area contributed by atoms with Crippen LogP contribution in [0.4, 0.5) is 16.6 Å². The summed E-state index contributed by atoms with van der Waals surface area (Å²) in [5, 5.41) is 9.62. The number of hydrogen-bond donors (Lipinski definition) is 2. The number of carbonyl (C=O) groups is 1. The highest BCUT2D eigenvalue weighted by molar-refractivity contribution is 7.13. The predicted molar refractivity (Wildman–Crippen MR) is 103 cm³/mol. The van der Waals surface area contributed by atoms with Crippen LogP contribution in [0.3, 0.4) is 0 Å². The van der Waals surface area contributed by atoms with Gasteiger partial charge in [-0.1, -0.05) is 29.3 Å². The summed E-state index contributed by atoms with van der Waals surface area (Å²) < 4.78 is 0. The summed E-state index contributed by atoms with van der Waals surface area (Å²) in [5.41, 5.74) is 2.22. The number of nitrogens with one attached hydrogen (secondary N) is 2. The third-order valence-corrected chi connectivity index (χ3v) is 4.84. The summed E-state index contributed by atoms with van der Waals surface area (Å²) in [6, 6.07) is 8.91. The van der Waals surface area contributed by atoms with Gasteiger partial charge in [0, 0.05) is 22.3 Å². The Kier molecular flexibility index (Phi) is 5.53. The van der Waals surface area contributed by atoms with E-state index in [-0.39, 0.29) is 12.3 Å². The van der Waals surface area contributed by atoms with Gasteiger partial charge in [-0.05, 0) is 36.8 Å². The molecule has 128 valence electrons. The Morgan fingerprint density at radius 3 is 2.84 bits per heavy atom. The summed E-state index contributed by atoms with van der Waals surface area (Å²) in [7, 11) is 0. The molecule has 3 aromatic rings. The highest BCUT2D eigenvalue weighted by Gasteiger charge is 2.10. The number of aromatic nitrogens is 2. The zero-order valence-corrected chi connectivity index (χ0v) is 15.5. The first-order valence-corrected chi connectivity index (χ1v) is 9.03. The number of hydrogen-bond acceptors (Lipinski definition) is 5. The van der Waals surface area contributed by atoms with Crippen LogP contribution >= 0.6 is 34.5 Å². The van der Waals surface area contributed by atoms with Crippen LogP contribution in [-0.4, -0.2) is 15.9 Å². The lowest BCUT2D eigenvalue weighted by Gasteiger charge is -2.08. The number of halogens is 2. The van der Waals surface area contributed by atoms with Crippen molar-refractivity contribution in [3.8, 4) is 0 Å². The van der Waals surface area contributed by atoms with Crippen LogP contribution in [0, 0.1) is 6.92 Å². The zero-order chi connectivity index (χ0) is 17.8. The monoisotopic (exact) mass is 392 g/mol. The van der Waals surface area contributed by atoms with E-state index in [4.69, 9.17) is 23.2 Å². The molecule has 0 fully saturated rings. The number of amides is 1. The Hall–Kier alpha value is -2.15. The van der Waals surface area contributed by atoms with Crippen LogP contribution in [0.1, 0.15) is 11.3 Å². The standard InChI is InChI=1S/C17H14Cl2N4OS/c1-10-13(19)3-2-4-14(10)22-16(24)7-12-9-25-17(21-12)23-15-6-5-11(18)8-20-15/h2-6,8-9H,7H2,1H3,(H,22,24)(H,20,21,23). The van der Waals surface area contributed by atoms with Crippen molar-refractivity contribution in [3.63, 3.8) is 0 Å². The second-order valence-corrected chi connectivity index (χ2v) is 6.97. The number of benzene rings is 1. The largest absolute Gasteiger partial charge is 0.325 e. The van der Waals surface area contributed by atoms with Crippen LogP contribution < -0.4 is 10.6 Å². The Morgan fingerprint density at radius 1 is 1.24 bits per heavy atom. The summed E-state index contributed by atoms with van der Waals surface area (Å²) in [5.74, 6) is 0.496. The van der Waals surface area contributed by atoms with E-state index in [9.17, 15) is 4.79 Å². The van der Waals surface area contributed by atoms with Crippen molar-refractivity contribution in [3.05, 3.63) is 63.2 Å². The van der Waals surface area contributed by atoms with Gasteiger partial charge in [0.15, 0.2) is 5.13 Å². The molecule has 1 amide bonds. The van der Waals surface area contributed by atoms with Gasteiger partial charge in [0.2, 0.25) is 5.91 Å². The average Bonchev–Trinajstić information content (AvgIpc) is 3.01. The van der Waals surface area contributed by atoms with Gasteiger partial charge >= 0.3 is 0 Å². The molecule has 0 aliphatic carbocycles. The quantitative estimate of drug-likeness (QED) is 0.635. The Morgan fingerprint density at radius 2 is 2.08 bits per heavy atom. The number of rotatable bonds is 5. The molecule has 0 aliphatic rings. The Bertz CT molecular complexity index is 896. The van der Waals surface area contributed by atoms with Gasteiger partial charge in [-0.3, -0.25) is 4.79 Å². The second-order valence-electron chi connectivity index (χ2n) is 5.27. The first kappa shape index (κ1) is 17.7. The van der Waals surface area contributed by atoms with Crippen LogP contribution in [0.15, 0.2) is 41.9 Å². The van der Waals surface area contributed by atoms with Gasteiger partial charge in [0.1, 0.15) is 5.82 Å². The number of carbonyl (C=O) groups excluding carboxylic acids is 1. The number of anilines is 3. The molecule has 3 rings (SSSR count). The van der Waals surface area contributed by atoms with E-state index in [0.29, 0.717) is 32.4 Å². The van der Waals surface area contributed by atoms with E-state index in [1.165, 1.54) is 11.3 Å². The van der Waals surface area contributed by atoms with Gasteiger partial charge in [0.05, 0.1) is 17.1 Å². The normalized spacial score (nSPS) is 10.5. The average molecular weight is 393 g/mol. The molecule has 0 saturated heterocycles. The molecule has 25 heavy (non-hydrogen) atoms. The topological polar surface area (TPSA) is 66.9 Å². The molecule has 2 heterocycles. The molecule has 0 bridgehead atoms. The number of thiazole rings is 1. The molecule has 0 saturated carbocycles. The van der Waals surface area contributed by atoms with Crippen molar-refractivity contribution in [2.75, 3.05) is 10.6 Å². The third-order valence-electron chi connectivity index (χ3n) is 3.40. The lowest BCUT2D eigenvalue weighted by atomic mass is 10.2. The van der Waals surface area contributed by atoms with E-state index in [1.807, 2.05) is 18.4 Å². The van der Waals surface area contributed by atoms with Crippen molar-refractivity contribution in [2.45, 2.75) is 13.3 Å². The fourth-order valence-corrected chi connectivity index (χ4v) is 3.11. The summed E-state index contributed by atoms with van der Waals surface area (Å²) in [6.45, 7) is 1.86. The molecule has 5 nitrogen and oxygen atoms in total. The fourth-order valence-electron chi connectivity index (χ4n) is 2.11. The van der Waals surface area contributed by atoms with Crippen LogP contribution in [0.2, 0.25) is 10.0 Å². The number of pyridine rings is 1. The van der Waals surface area contributed by atoms with Gasteiger partial charge in [-0.15, -0.1) is 11.3 Å². The van der Waals surface area contributed by atoms with E-state index in [2.05, 4.69) is 20.6 Å². The minimum absolute atomic E-state index is 0.146. The van der Waals surface area contributed by atoms with Crippen LogP contribution in [0.25, 0.3) is 0 Å². The van der Waals surface area contributed by atoms with E-state index >= 15 is 0 Å². The maximum absolute atomic E-state index is 12.2. The van der Waals surface area contributed by atoms with Crippen LogP contribution in [0.5, 0.6) is 0 Å². The van der Waals surface area contributed by atoms with E-state index < -0.39 is 0 Å². The molecule has 8 heteroatoms. The minimum atomic E-state index is -0.146.